The Kier molecular flexibility index (Phi) is 4.85. The van der Waals surface area contributed by atoms with Gasteiger partial charge in [0.1, 0.15) is 5.83 Å². The maximum atomic E-state index is 14.9. The lowest BCUT2D eigenvalue weighted by atomic mass is 9.65. The summed E-state index contributed by atoms with van der Waals surface area (Å²) in [4.78, 5) is 0. The van der Waals surface area contributed by atoms with Crippen molar-refractivity contribution >= 4 is 14.0 Å². The quantitative estimate of drug-likeness (QED) is 0.521. The normalized spacial score (nSPS) is 21.1. The van der Waals surface area contributed by atoms with Gasteiger partial charge in [-0.1, -0.05) is 64.4 Å². The zero-order valence-electron chi connectivity index (χ0n) is 15.5. The number of fused-ring (bicyclic) bond motifs is 1. The van der Waals surface area contributed by atoms with Gasteiger partial charge in [0, 0.05) is 5.41 Å². The summed E-state index contributed by atoms with van der Waals surface area (Å²) in [6.45, 7) is 10.9. The van der Waals surface area contributed by atoms with E-state index in [-0.39, 0.29) is 19.2 Å². The lowest BCUT2D eigenvalue weighted by Gasteiger charge is -2.39. The van der Waals surface area contributed by atoms with Crippen molar-refractivity contribution in [1.29, 1.82) is 0 Å². The molecule has 0 saturated heterocycles. The zero-order valence-corrected chi connectivity index (χ0v) is 16.4. The standard InChI is InChI=1S/C22H28FP/c1-6-24(5)13-12-16-8-7-9-19-18(16)14-17-11-10-15(2)21(23)20(17)22(19,3)4/h7-9,12-13H,6,10-11,14H2,1-5H3/b13-12-. The maximum absolute atomic E-state index is 14.9. The molecule has 1 aromatic carbocycles. The first kappa shape index (κ1) is 17.6. The van der Waals surface area contributed by atoms with Crippen LogP contribution >= 0.6 is 7.92 Å². The molecular formula is C22H28FP. The lowest BCUT2D eigenvalue weighted by molar-refractivity contribution is 0.508. The Morgan fingerprint density at radius 3 is 2.71 bits per heavy atom. The van der Waals surface area contributed by atoms with Crippen molar-refractivity contribution in [1.82, 2.24) is 0 Å². The Balaban J connectivity index is 2.10. The molecule has 0 heterocycles. The van der Waals surface area contributed by atoms with Crippen LogP contribution in [0.4, 0.5) is 4.39 Å². The SMILES string of the molecule is CCP(C)/C=C\c1cccc2c1CC1=C(C(F)=C(C)CC1)C2(C)C. The Labute approximate surface area is 147 Å². The van der Waals surface area contributed by atoms with E-state index in [4.69, 9.17) is 0 Å². The highest BCUT2D eigenvalue weighted by atomic mass is 31.1. The van der Waals surface area contributed by atoms with E-state index in [0.29, 0.717) is 0 Å². The molecule has 0 bridgehead atoms. The van der Waals surface area contributed by atoms with Gasteiger partial charge in [-0.05, 0) is 66.8 Å². The predicted octanol–water partition coefficient (Wildman–Crippen LogP) is 6.96. The molecule has 2 heteroatoms. The van der Waals surface area contributed by atoms with Crippen LogP contribution in [0.25, 0.3) is 6.08 Å². The Hall–Kier alpha value is -1.20. The molecule has 0 spiro atoms. The Morgan fingerprint density at radius 1 is 1.25 bits per heavy atom. The van der Waals surface area contributed by atoms with Crippen molar-refractivity contribution in [3.8, 4) is 0 Å². The number of hydrogen-bond donors (Lipinski definition) is 0. The van der Waals surface area contributed by atoms with Crippen LogP contribution in [0.2, 0.25) is 0 Å². The molecule has 0 N–H and O–H groups in total. The summed E-state index contributed by atoms with van der Waals surface area (Å²) in [5.41, 5.74) is 6.97. The van der Waals surface area contributed by atoms with E-state index in [9.17, 15) is 4.39 Å². The van der Waals surface area contributed by atoms with Crippen LogP contribution in [0, 0.1) is 0 Å². The largest absolute Gasteiger partial charge is 0.207 e. The van der Waals surface area contributed by atoms with Gasteiger partial charge in [0.25, 0.3) is 0 Å². The minimum absolute atomic E-state index is 0.0278. The highest BCUT2D eigenvalue weighted by Gasteiger charge is 2.39. The van der Waals surface area contributed by atoms with Crippen molar-refractivity contribution in [2.24, 2.45) is 0 Å². The minimum atomic E-state index is -0.250. The molecule has 0 fully saturated rings. The summed E-state index contributed by atoms with van der Waals surface area (Å²) in [7, 11) is -0.0278. The molecule has 1 atom stereocenters. The third-order valence-corrected chi connectivity index (χ3v) is 7.31. The van der Waals surface area contributed by atoms with E-state index in [1.165, 1.54) is 28.4 Å². The predicted molar refractivity (Wildman–Crippen MR) is 106 cm³/mol. The number of benzene rings is 1. The number of hydrogen-bond acceptors (Lipinski definition) is 0. The second-order valence-electron chi connectivity index (χ2n) is 7.64. The van der Waals surface area contributed by atoms with E-state index < -0.39 is 0 Å². The topological polar surface area (TPSA) is 0 Å². The van der Waals surface area contributed by atoms with Crippen molar-refractivity contribution in [3.05, 3.63) is 63.3 Å². The van der Waals surface area contributed by atoms with E-state index in [1.807, 2.05) is 6.92 Å². The van der Waals surface area contributed by atoms with E-state index in [1.54, 1.807) is 0 Å². The highest BCUT2D eigenvalue weighted by Crippen LogP contribution is 2.49. The van der Waals surface area contributed by atoms with Gasteiger partial charge in [0.2, 0.25) is 0 Å². The molecule has 0 aliphatic heterocycles. The Bertz CT molecular complexity index is 749. The molecular weight excluding hydrogens is 314 g/mol. The second kappa shape index (κ2) is 6.60. The van der Waals surface area contributed by atoms with Gasteiger partial charge < -0.3 is 0 Å². The fraction of sp³-hybridized carbons (Fsp3) is 0.455. The van der Waals surface area contributed by atoms with E-state index in [0.717, 1.165) is 30.4 Å². The first-order valence-corrected chi connectivity index (χ1v) is 11.0. The fourth-order valence-corrected chi connectivity index (χ4v) is 4.67. The molecule has 3 rings (SSSR count). The highest BCUT2D eigenvalue weighted by molar-refractivity contribution is 7.60. The molecule has 128 valence electrons. The van der Waals surface area contributed by atoms with Gasteiger partial charge in [-0.2, -0.15) is 0 Å². The van der Waals surface area contributed by atoms with Gasteiger partial charge in [0.05, 0.1) is 0 Å². The summed E-state index contributed by atoms with van der Waals surface area (Å²) >= 11 is 0. The van der Waals surface area contributed by atoms with Gasteiger partial charge in [0.15, 0.2) is 0 Å². The molecule has 1 unspecified atom stereocenters. The van der Waals surface area contributed by atoms with Crippen molar-refractivity contribution in [2.75, 3.05) is 12.8 Å². The van der Waals surface area contributed by atoms with Crippen LogP contribution in [-0.4, -0.2) is 12.8 Å². The van der Waals surface area contributed by atoms with Crippen molar-refractivity contribution in [3.63, 3.8) is 0 Å². The zero-order chi connectivity index (χ0) is 17.5. The third-order valence-electron chi connectivity index (χ3n) is 5.66. The molecule has 0 saturated carbocycles. The Morgan fingerprint density at radius 2 is 2.00 bits per heavy atom. The molecule has 0 aromatic heterocycles. The third kappa shape index (κ3) is 2.93. The van der Waals surface area contributed by atoms with Crippen LogP contribution in [-0.2, 0) is 11.8 Å². The van der Waals surface area contributed by atoms with Gasteiger partial charge in [-0.15, -0.1) is 0 Å². The average Bonchev–Trinajstić information content (AvgIpc) is 2.55. The molecule has 2 aliphatic rings. The molecule has 0 nitrogen and oxygen atoms in total. The summed E-state index contributed by atoms with van der Waals surface area (Å²) in [6.07, 6.45) is 6.30. The average molecular weight is 342 g/mol. The summed E-state index contributed by atoms with van der Waals surface area (Å²) in [5, 5.41) is 0. The number of rotatable bonds is 3. The first-order valence-electron chi connectivity index (χ1n) is 8.95. The van der Waals surface area contributed by atoms with Crippen LogP contribution in [0.1, 0.15) is 57.2 Å². The van der Waals surface area contributed by atoms with Crippen LogP contribution in [0.15, 0.2) is 46.6 Å². The summed E-state index contributed by atoms with van der Waals surface area (Å²) < 4.78 is 14.9. The minimum Gasteiger partial charge on any atom is -0.207 e. The van der Waals surface area contributed by atoms with Gasteiger partial charge >= 0.3 is 0 Å². The van der Waals surface area contributed by atoms with Crippen LogP contribution < -0.4 is 0 Å². The van der Waals surface area contributed by atoms with Crippen LogP contribution in [0.5, 0.6) is 0 Å². The van der Waals surface area contributed by atoms with E-state index >= 15 is 0 Å². The molecule has 0 amide bonds. The van der Waals surface area contributed by atoms with Crippen LogP contribution in [0.3, 0.4) is 0 Å². The summed E-state index contributed by atoms with van der Waals surface area (Å²) in [5.74, 6) is 2.42. The number of halogens is 1. The molecule has 0 radical (unpaired) electrons. The fourth-order valence-electron chi connectivity index (χ4n) is 4.04. The van der Waals surface area contributed by atoms with Gasteiger partial charge in [-0.3, -0.25) is 0 Å². The smallest absolute Gasteiger partial charge is 0.126 e. The molecule has 2 aliphatic carbocycles. The first-order chi connectivity index (χ1) is 11.4. The monoisotopic (exact) mass is 342 g/mol. The van der Waals surface area contributed by atoms with Gasteiger partial charge in [-0.25, -0.2) is 4.39 Å². The molecule has 24 heavy (non-hydrogen) atoms. The van der Waals surface area contributed by atoms with Crippen molar-refractivity contribution < 1.29 is 4.39 Å². The van der Waals surface area contributed by atoms with Crippen molar-refractivity contribution in [2.45, 2.75) is 52.4 Å². The maximum Gasteiger partial charge on any atom is 0.126 e. The number of allylic oxidation sites excluding steroid dienone is 4. The summed E-state index contributed by atoms with van der Waals surface area (Å²) in [6, 6.07) is 6.55. The van der Waals surface area contributed by atoms with E-state index in [2.05, 4.69) is 57.5 Å². The second-order valence-corrected chi connectivity index (χ2v) is 10.1. The lowest BCUT2D eigenvalue weighted by Crippen LogP contribution is -2.30. The molecule has 1 aromatic rings.